The number of para-hydroxylation sites is 1. The molecule has 0 saturated carbocycles. The van der Waals surface area contributed by atoms with Crippen molar-refractivity contribution in [2.45, 2.75) is 174 Å². The van der Waals surface area contributed by atoms with Gasteiger partial charge in [-0.15, -0.1) is 0 Å². The number of benzene rings is 1. The van der Waals surface area contributed by atoms with E-state index >= 15 is 0 Å². The van der Waals surface area contributed by atoms with E-state index in [2.05, 4.69) is 41.6 Å². The number of unbranched alkanes of at least 4 members (excludes halogenated alkanes) is 14. The lowest BCUT2D eigenvalue weighted by Crippen LogP contribution is -2.54. The van der Waals surface area contributed by atoms with Gasteiger partial charge in [0.25, 0.3) is 0 Å². The second kappa shape index (κ2) is 21.0. The Labute approximate surface area is 268 Å². The number of aliphatic hydroxyl groups is 2. The van der Waals surface area contributed by atoms with Gasteiger partial charge in [-0.3, -0.25) is 9.69 Å². The highest BCUT2D eigenvalue weighted by Gasteiger charge is 2.36. The zero-order valence-corrected chi connectivity index (χ0v) is 28.4. The van der Waals surface area contributed by atoms with Crippen molar-refractivity contribution in [1.29, 1.82) is 0 Å². The van der Waals surface area contributed by atoms with E-state index in [-0.39, 0.29) is 18.2 Å². The van der Waals surface area contributed by atoms with Crippen LogP contribution >= 0.6 is 0 Å². The molecule has 1 aromatic heterocycles. The largest absolute Gasteiger partial charge is 0.460 e. The lowest BCUT2D eigenvalue weighted by molar-refractivity contribution is -0.166. The molecular formula is C38H64N2O4. The molecule has 0 bridgehead atoms. The highest BCUT2D eigenvalue weighted by molar-refractivity contribution is 5.85. The second-order valence-corrected chi connectivity index (χ2v) is 13.6. The minimum atomic E-state index is -0.441. The summed E-state index contributed by atoms with van der Waals surface area (Å²) in [6, 6.07) is 7.89. The van der Waals surface area contributed by atoms with Gasteiger partial charge in [-0.05, 0) is 31.4 Å². The summed E-state index contributed by atoms with van der Waals surface area (Å²) in [7, 11) is 0. The summed E-state index contributed by atoms with van der Waals surface area (Å²) in [6.07, 6.45) is 23.3. The van der Waals surface area contributed by atoms with Crippen LogP contribution in [0.4, 0.5) is 0 Å². The summed E-state index contributed by atoms with van der Waals surface area (Å²) in [5.41, 5.74) is 2.19. The normalized spacial score (nSPS) is 19.0. The molecule has 1 aliphatic rings. The summed E-state index contributed by atoms with van der Waals surface area (Å²) in [4.78, 5) is 15.3. The average molecular weight is 613 g/mol. The molecule has 6 heteroatoms. The van der Waals surface area contributed by atoms with Crippen molar-refractivity contribution in [3.63, 3.8) is 0 Å². The van der Waals surface area contributed by atoms with E-state index in [0.29, 0.717) is 26.1 Å². The number of nitrogens with zero attached hydrogens (tertiary/aromatic N) is 2. The molecule has 2 N–H and O–H groups in total. The van der Waals surface area contributed by atoms with Crippen LogP contribution in [0.5, 0.6) is 0 Å². The van der Waals surface area contributed by atoms with Crippen molar-refractivity contribution in [3.8, 4) is 0 Å². The van der Waals surface area contributed by atoms with Crippen LogP contribution in [0.2, 0.25) is 0 Å². The van der Waals surface area contributed by atoms with Gasteiger partial charge in [-0.2, -0.15) is 0 Å². The third-order valence-electron chi connectivity index (χ3n) is 9.44. The zero-order chi connectivity index (χ0) is 31.6. The summed E-state index contributed by atoms with van der Waals surface area (Å²) in [5.74, 6) is -0.199. The van der Waals surface area contributed by atoms with Crippen molar-refractivity contribution in [1.82, 2.24) is 9.47 Å². The molecule has 250 valence electrons. The third kappa shape index (κ3) is 12.8. The van der Waals surface area contributed by atoms with Crippen LogP contribution in [-0.2, 0) is 22.5 Å². The first kappa shape index (κ1) is 36.6. The van der Waals surface area contributed by atoms with Gasteiger partial charge < -0.3 is 19.5 Å². The highest BCUT2D eigenvalue weighted by Crippen LogP contribution is 2.27. The maximum atomic E-state index is 13.2. The van der Waals surface area contributed by atoms with Crippen molar-refractivity contribution in [2.75, 3.05) is 13.1 Å². The van der Waals surface area contributed by atoms with Crippen LogP contribution in [0.25, 0.3) is 10.9 Å². The molecule has 1 aliphatic heterocycles. The maximum absolute atomic E-state index is 13.2. The zero-order valence-electron chi connectivity index (χ0n) is 28.4. The Balaban J connectivity index is 1.53. The van der Waals surface area contributed by atoms with Gasteiger partial charge in [0.2, 0.25) is 0 Å². The number of esters is 1. The van der Waals surface area contributed by atoms with Gasteiger partial charge >= 0.3 is 5.97 Å². The predicted octanol–water partition coefficient (Wildman–Crippen LogP) is 8.58. The SMILES string of the molecule is CCCCCCCCCCC(O)CN1CC(C)OC(=O)C1Cc1cn(CC(O)CCCCCCCCCC)c2ccccc12. The number of aromatic nitrogens is 1. The van der Waals surface area contributed by atoms with Crippen LogP contribution < -0.4 is 0 Å². The Bertz CT molecular complexity index is 1050. The van der Waals surface area contributed by atoms with Gasteiger partial charge in [0.1, 0.15) is 12.1 Å². The molecule has 2 heterocycles. The lowest BCUT2D eigenvalue weighted by Gasteiger charge is -2.38. The third-order valence-corrected chi connectivity index (χ3v) is 9.44. The number of hydrogen-bond donors (Lipinski definition) is 2. The van der Waals surface area contributed by atoms with E-state index < -0.39 is 12.1 Å². The minimum Gasteiger partial charge on any atom is -0.460 e. The number of morpholine rings is 1. The van der Waals surface area contributed by atoms with E-state index in [1.54, 1.807) is 0 Å². The number of β-amino-alcohol motifs (C(OH)–C–C–N with tert-alkyl or cyclic N) is 1. The Morgan fingerprint density at radius 2 is 1.30 bits per heavy atom. The number of hydrogen-bond acceptors (Lipinski definition) is 5. The molecule has 0 aliphatic carbocycles. The Morgan fingerprint density at radius 1 is 0.773 bits per heavy atom. The number of fused-ring (bicyclic) bond motifs is 1. The van der Waals surface area contributed by atoms with E-state index in [0.717, 1.165) is 48.6 Å². The number of ether oxygens (including phenoxy) is 1. The summed E-state index contributed by atoms with van der Waals surface area (Å²) >= 11 is 0. The number of cyclic esters (lactones) is 1. The fourth-order valence-electron chi connectivity index (χ4n) is 6.89. The summed E-state index contributed by atoms with van der Waals surface area (Å²) < 4.78 is 7.87. The van der Waals surface area contributed by atoms with E-state index in [9.17, 15) is 15.0 Å². The van der Waals surface area contributed by atoms with E-state index in [4.69, 9.17) is 4.74 Å². The fraction of sp³-hybridized carbons (Fsp3) is 0.763. The minimum absolute atomic E-state index is 0.179. The van der Waals surface area contributed by atoms with Crippen LogP contribution in [0, 0.1) is 0 Å². The molecule has 0 spiro atoms. The molecule has 1 aromatic carbocycles. The summed E-state index contributed by atoms with van der Waals surface area (Å²) in [5, 5.41) is 23.0. The number of carbonyl (C=O) groups is 1. The van der Waals surface area contributed by atoms with Crippen LogP contribution in [0.1, 0.15) is 142 Å². The second-order valence-electron chi connectivity index (χ2n) is 13.6. The van der Waals surface area contributed by atoms with Crippen molar-refractivity contribution < 1.29 is 19.7 Å². The molecule has 4 atom stereocenters. The Kier molecular flexibility index (Phi) is 17.5. The van der Waals surface area contributed by atoms with Crippen molar-refractivity contribution in [2.24, 2.45) is 0 Å². The van der Waals surface area contributed by atoms with Gasteiger partial charge in [0, 0.05) is 43.2 Å². The molecule has 4 unspecified atom stereocenters. The standard InChI is InChI=1S/C38H64N2O4/c1-4-6-8-10-12-14-16-18-22-33(41)29-39-27-31(3)44-38(43)37(39)26-32-28-40(36-25-21-20-24-35(32)36)30-34(42)23-19-17-15-13-11-9-7-5-2/h20-21,24-25,28,31,33-34,37,41-42H,4-19,22-23,26-27,29-30H2,1-3H3. The molecule has 1 fully saturated rings. The smallest absolute Gasteiger partial charge is 0.324 e. The van der Waals surface area contributed by atoms with Gasteiger partial charge in [0.05, 0.1) is 12.2 Å². The van der Waals surface area contributed by atoms with Crippen LogP contribution in [-0.4, -0.2) is 63.1 Å². The number of carbonyl (C=O) groups excluding carboxylic acids is 1. The molecule has 2 aromatic rings. The number of aliphatic hydroxyl groups excluding tert-OH is 2. The molecule has 3 rings (SSSR count). The topological polar surface area (TPSA) is 74.9 Å². The molecule has 0 amide bonds. The van der Waals surface area contributed by atoms with Crippen LogP contribution in [0.15, 0.2) is 30.5 Å². The van der Waals surface area contributed by atoms with Gasteiger partial charge in [-0.1, -0.05) is 135 Å². The lowest BCUT2D eigenvalue weighted by atomic mass is 10.0. The van der Waals surface area contributed by atoms with Crippen molar-refractivity contribution in [3.05, 3.63) is 36.0 Å². The van der Waals surface area contributed by atoms with Gasteiger partial charge in [0.15, 0.2) is 0 Å². The molecule has 1 saturated heterocycles. The monoisotopic (exact) mass is 612 g/mol. The van der Waals surface area contributed by atoms with E-state index in [1.807, 2.05) is 19.1 Å². The molecule has 6 nitrogen and oxygen atoms in total. The highest BCUT2D eigenvalue weighted by atomic mass is 16.5. The molecule has 44 heavy (non-hydrogen) atoms. The Morgan fingerprint density at radius 3 is 1.89 bits per heavy atom. The average Bonchev–Trinajstić information content (AvgIpc) is 3.34. The van der Waals surface area contributed by atoms with E-state index in [1.165, 1.54) is 83.5 Å². The van der Waals surface area contributed by atoms with Crippen LogP contribution in [0.3, 0.4) is 0 Å². The van der Waals surface area contributed by atoms with Gasteiger partial charge in [-0.25, -0.2) is 0 Å². The molecule has 0 radical (unpaired) electrons. The molecular weight excluding hydrogens is 548 g/mol. The quantitative estimate of drug-likeness (QED) is 0.0917. The first-order valence-electron chi connectivity index (χ1n) is 18.3. The van der Waals surface area contributed by atoms with Crippen molar-refractivity contribution >= 4 is 16.9 Å². The summed E-state index contributed by atoms with van der Waals surface area (Å²) in [6.45, 7) is 8.13. The Hall–Kier alpha value is -1.89. The first-order valence-corrected chi connectivity index (χ1v) is 18.3. The first-order chi connectivity index (χ1) is 21.4. The number of rotatable bonds is 24. The predicted molar refractivity (Wildman–Crippen MR) is 183 cm³/mol. The maximum Gasteiger partial charge on any atom is 0.324 e. The fourth-order valence-corrected chi connectivity index (χ4v) is 6.89.